The number of hydroxylamine groups is 1. The molecule has 17 nitrogen and oxygen atoms in total. The summed E-state index contributed by atoms with van der Waals surface area (Å²) >= 11 is 0. The number of piperidine rings is 1. The molecule has 6 atom stereocenters. The van der Waals surface area contributed by atoms with Gasteiger partial charge in [-0.1, -0.05) is 75.4 Å². The molecule has 3 aromatic heterocycles. The van der Waals surface area contributed by atoms with Crippen LogP contribution in [0.15, 0.2) is 102 Å². The van der Waals surface area contributed by atoms with Crippen LogP contribution in [0.3, 0.4) is 0 Å². The lowest BCUT2D eigenvalue weighted by Crippen LogP contribution is -2.58. The number of aromatic amines is 1. The summed E-state index contributed by atoms with van der Waals surface area (Å²) in [5.74, 6) is 0.958. The molecular formula is C59H69FN12O5. The van der Waals surface area contributed by atoms with E-state index in [1.807, 2.05) is 76.4 Å². The minimum absolute atomic E-state index is 0.0964. The number of aliphatic imine (C=N–C) groups is 1. The number of hydrogen-bond donors (Lipinski definition) is 5. The average Bonchev–Trinajstić information content (AvgIpc) is 4.31. The van der Waals surface area contributed by atoms with E-state index in [1.165, 1.54) is 11.6 Å². The van der Waals surface area contributed by atoms with Gasteiger partial charge in [0.25, 0.3) is 0 Å². The third kappa shape index (κ3) is 9.88. The third-order valence-corrected chi connectivity index (χ3v) is 17.5. The second-order valence-electron chi connectivity index (χ2n) is 23.5. The lowest BCUT2D eigenvalue weighted by Gasteiger charge is -2.42. The van der Waals surface area contributed by atoms with Crippen LogP contribution in [0, 0.1) is 17.2 Å². The van der Waals surface area contributed by atoms with E-state index in [4.69, 9.17) is 19.8 Å². The minimum atomic E-state index is -1.12. The quantitative estimate of drug-likeness (QED) is 0.0842. The normalized spacial score (nSPS) is 26.5. The summed E-state index contributed by atoms with van der Waals surface area (Å²) in [5.41, 5.74) is 7.52. The zero-order chi connectivity index (χ0) is 53.2. The number of β-amino-alcohol motifs (C(OH)–C–C–N with tert-alkyl or cyclic N) is 1. The Morgan fingerprint density at radius 3 is 2.21 bits per heavy atom. The van der Waals surface area contributed by atoms with Crippen molar-refractivity contribution in [2.45, 2.75) is 133 Å². The predicted molar refractivity (Wildman–Crippen MR) is 292 cm³/mol. The summed E-state index contributed by atoms with van der Waals surface area (Å²) in [6.07, 6.45) is 13.2. The average molecular weight is 1050 g/mol. The number of carbonyl (C=O) groups is 2. The minimum Gasteiger partial charge on any atom is -0.507 e. The predicted octanol–water partition coefficient (Wildman–Crippen LogP) is 7.82. The molecule has 4 saturated heterocycles. The molecule has 6 aromatic rings. The van der Waals surface area contributed by atoms with Crippen LogP contribution in [-0.4, -0.2) is 132 Å². The molecule has 2 bridgehead atoms. The Kier molecular flexibility index (Phi) is 13.5. The standard InChI is InChI=1S/C59H69FN12O5/c1-58(2,3)52(56(76)71-34-43(73)27-49(71)54-65-59(4,77-68-54)39-17-13-36(14-18-39)44-9-5-7-11-47(44)60)64-55(75)37-15-19-40(20-16-37)69-25-23-35(24-26-69)38-29-62-57(63-30-38)72-41-21-22-42(72)33-70(32-41)50-31-61-53-46(50)28-48(66-67-53)45-10-6-8-12-51(45)74/h5-14,17-18,28-31,35,37,40-43,49,52,73-74H,15-16,19-27,32-34H2,1-4H3,(H,61,67)(H,64,75)(H,65,68)/t37?,40?,41?,42?,43-,49+,52-,59-/m1/s1. The van der Waals surface area contributed by atoms with Crippen molar-refractivity contribution in [3.05, 3.63) is 114 Å². The smallest absolute Gasteiger partial charge is 0.246 e. The number of carbonyl (C=O) groups excluding carboxylic acids is 2. The van der Waals surface area contributed by atoms with Crippen LogP contribution in [0.25, 0.3) is 33.4 Å². The van der Waals surface area contributed by atoms with Gasteiger partial charge in [-0.2, -0.15) is 0 Å². The SMILES string of the molecule is CC(C)(C)[C@H](NC(=O)C1CCC(N2CCC(c3cnc(N4C5CCC4CN(c4c[nH]c6nnc(-c7ccccc7O)cc46)C5)nc3)CC2)CC1)C(=O)N1C[C@H](O)C[C@H]1C1=N[C@@](C)(c2ccc(-c3ccccc3F)cc2)ON1. The first-order valence-corrected chi connectivity index (χ1v) is 27.6. The maximum atomic E-state index is 14.6. The maximum absolute atomic E-state index is 14.6. The lowest BCUT2D eigenvalue weighted by atomic mass is 9.81. The van der Waals surface area contributed by atoms with Gasteiger partial charge in [0.2, 0.25) is 23.5 Å². The fourth-order valence-corrected chi connectivity index (χ4v) is 13.1. The van der Waals surface area contributed by atoms with E-state index in [0.717, 1.165) is 111 Å². The number of benzene rings is 3. The summed E-state index contributed by atoms with van der Waals surface area (Å²) in [7, 11) is 0. The number of para-hydroxylation sites is 1. The molecular weight excluding hydrogens is 976 g/mol. The van der Waals surface area contributed by atoms with Crippen LogP contribution in [0.5, 0.6) is 5.75 Å². The Morgan fingerprint density at radius 1 is 0.844 bits per heavy atom. The fraction of sp³-hybridized carbons (Fsp3) is 0.475. The molecule has 12 rings (SSSR count). The first-order chi connectivity index (χ1) is 37.2. The number of rotatable bonds is 11. The van der Waals surface area contributed by atoms with E-state index in [-0.39, 0.29) is 42.3 Å². The zero-order valence-corrected chi connectivity index (χ0v) is 44.3. The summed E-state index contributed by atoms with van der Waals surface area (Å²) in [4.78, 5) is 62.2. The highest BCUT2D eigenvalue weighted by Crippen LogP contribution is 2.41. The van der Waals surface area contributed by atoms with Crippen molar-refractivity contribution >= 4 is 40.3 Å². The lowest BCUT2D eigenvalue weighted by molar-refractivity contribution is -0.141. The van der Waals surface area contributed by atoms with Gasteiger partial charge in [-0.25, -0.2) is 29.7 Å². The first kappa shape index (κ1) is 50.8. The molecule has 5 aliphatic heterocycles. The Labute approximate surface area is 448 Å². The fourth-order valence-electron chi connectivity index (χ4n) is 13.1. The van der Waals surface area contributed by atoms with Gasteiger partial charge in [-0.3, -0.25) is 9.59 Å². The molecule has 402 valence electrons. The van der Waals surface area contributed by atoms with E-state index in [2.05, 4.69) is 53.1 Å². The van der Waals surface area contributed by atoms with Crippen molar-refractivity contribution in [3.63, 3.8) is 0 Å². The number of aliphatic hydroxyl groups is 1. The van der Waals surface area contributed by atoms with Crippen molar-refractivity contribution < 1.29 is 29.0 Å². The van der Waals surface area contributed by atoms with E-state index < -0.39 is 29.3 Å². The van der Waals surface area contributed by atoms with Gasteiger partial charge in [0.05, 0.1) is 23.5 Å². The number of nitrogens with zero attached hydrogens (tertiary/aromatic N) is 9. The van der Waals surface area contributed by atoms with E-state index in [1.54, 1.807) is 35.2 Å². The highest BCUT2D eigenvalue weighted by Gasteiger charge is 2.48. The molecule has 77 heavy (non-hydrogen) atoms. The second-order valence-corrected chi connectivity index (χ2v) is 23.5. The number of nitrogens with one attached hydrogen (secondary N) is 3. The Balaban J connectivity index is 0.625. The van der Waals surface area contributed by atoms with E-state index >= 15 is 0 Å². The number of hydrogen-bond acceptors (Lipinski definition) is 14. The topological polar surface area (TPSA) is 201 Å². The molecule has 1 aliphatic carbocycles. The Morgan fingerprint density at radius 2 is 1.52 bits per heavy atom. The summed E-state index contributed by atoms with van der Waals surface area (Å²) in [5, 5.41) is 34.5. The van der Waals surface area contributed by atoms with Gasteiger partial charge < -0.3 is 40.1 Å². The number of H-pyrrole nitrogens is 1. The summed E-state index contributed by atoms with van der Waals surface area (Å²) in [6, 6.07) is 22.8. The highest BCUT2D eigenvalue weighted by molar-refractivity contribution is 5.96. The Bertz CT molecular complexity index is 3150. The molecule has 2 amide bonds. The number of fused-ring (bicyclic) bond motifs is 3. The van der Waals surface area contributed by atoms with Gasteiger partial charge >= 0.3 is 0 Å². The molecule has 6 aliphatic rings. The van der Waals surface area contributed by atoms with Gasteiger partial charge in [0, 0.05) is 90.8 Å². The summed E-state index contributed by atoms with van der Waals surface area (Å²) < 4.78 is 14.5. The largest absolute Gasteiger partial charge is 0.507 e. The van der Waals surface area contributed by atoms with Crippen molar-refractivity contribution in [2.75, 3.05) is 42.5 Å². The van der Waals surface area contributed by atoms with Gasteiger partial charge in [-0.15, -0.1) is 10.2 Å². The second kappa shape index (κ2) is 20.4. The van der Waals surface area contributed by atoms with Crippen LogP contribution in [-0.2, 0) is 20.2 Å². The zero-order valence-electron chi connectivity index (χ0n) is 44.3. The van der Waals surface area contributed by atoms with Gasteiger partial charge in [0.15, 0.2) is 5.65 Å². The molecule has 3 aromatic carbocycles. The van der Waals surface area contributed by atoms with Crippen molar-refractivity contribution in [1.82, 2.24) is 45.7 Å². The summed E-state index contributed by atoms with van der Waals surface area (Å²) in [6.45, 7) is 11.5. The van der Waals surface area contributed by atoms with Gasteiger partial charge in [0.1, 0.15) is 23.4 Å². The van der Waals surface area contributed by atoms with E-state index in [9.17, 15) is 24.2 Å². The number of amides is 2. The maximum Gasteiger partial charge on any atom is 0.246 e. The van der Waals surface area contributed by atoms with Crippen LogP contribution >= 0.6 is 0 Å². The number of amidine groups is 1. The number of phenols is 1. The number of aliphatic hydroxyl groups excluding tert-OH is 1. The van der Waals surface area contributed by atoms with Crippen LogP contribution in [0.2, 0.25) is 0 Å². The van der Waals surface area contributed by atoms with Crippen LogP contribution in [0.4, 0.5) is 16.0 Å². The Hall–Kier alpha value is -7.02. The first-order valence-electron chi connectivity index (χ1n) is 27.6. The molecule has 8 heterocycles. The van der Waals surface area contributed by atoms with E-state index in [0.29, 0.717) is 46.7 Å². The van der Waals surface area contributed by atoms with Gasteiger partial charge in [-0.05, 0) is 118 Å². The van der Waals surface area contributed by atoms with Crippen molar-refractivity contribution in [2.24, 2.45) is 16.3 Å². The van der Waals surface area contributed by atoms with Crippen LogP contribution in [0.1, 0.15) is 103 Å². The molecule has 0 spiro atoms. The number of aromatic hydroxyl groups is 1. The molecule has 5 fully saturated rings. The third-order valence-electron chi connectivity index (χ3n) is 17.5. The van der Waals surface area contributed by atoms with Crippen molar-refractivity contribution in [1.29, 1.82) is 0 Å². The monoisotopic (exact) mass is 1040 g/mol. The molecule has 2 unspecified atom stereocenters. The molecule has 5 N–H and O–H groups in total. The molecule has 0 radical (unpaired) electrons. The number of aromatic nitrogens is 5. The molecule has 18 heteroatoms. The highest BCUT2D eigenvalue weighted by atomic mass is 19.1. The number of likely N-dealkylation sites (tertiary alicyclic amines) is 2. The number of halogens is 1. The number of phenolic OH excluding ortho intramolecular Hbond substituents is 1. The van der Waals surface area contributed by atoms with Crippen molar-refractivity contribution in [3.8, 4) is 28.1 Å². The molecule has 1 saturated carbocycles. The number of piperazine rings is 1. The van der Waals surface area contributed by atoms with Crippen LogP contribution < -0.4 is 20.6 Å². The number of anilines is 2.